The Balaban J connectivity index is 0.00000200. The number of halogens is 2. The van der Waals surface area contributed by atoms with Crippen LogP contribution < -0.4 is 5.32 Å². The molecule has 2 aromatic rings. The number of hydrogen-bond donors (Lipinski definition) is 2. The lowest BCUT2D eigenvalue weighted by Gasteiger charge is -2.06. The van der Waals surface area contributed by atoms with Gasteiger partial charge < -0.3 is 10.4 Å². The van der Waals surface area contributed by atoms with Crippen molar-refractivity contribution in [2.45, 2.75) is 0 Å². The van der Waals surface area contributed by atoms with Gasteiger partial charge in [-0.1, -0.05) is 18.2 Å². The molecule has 0 aliphatic carbocycles. The molecular weight excluding hydrogens is 285 g/mol. The zero-order chi connectivity index (χ0) is 13.8. The summed E-state index contributed by atoms with van der Waals surface area (Å²) in [5.74, 6) is -2.35. The first-order valence-corrected chi connectivity index (χ1v) is 5.47. The maximum absolute atomic E-state index is 13.4. The van der Waals surface area contributed by atoms with Crippen LogP contribution in [0.5, 0.6) is 0 Å². The van der Waals surface area contributed by atoms with Crippen molar-refractivity contribution >= 4 is 30.0 Å². The van der Waals surface area contributed by atoms with Crippen LogP contribution in [0.2, 0.25) is 0 Å². The van der Waals surface area contributed by atoms with Gasteiger partial charge in [-0.15, -0.1) is 12.4 Å². The summed E-state index contributed by atoms with van der Waals surface area (Å²) in [4.78, 5) is 22.6. The van der Waals surface area contributed by atoms with E-state index in [9.17, 15) is 14.0 Å². The van der Waals surface area contributed by atoms with Gasteiger partial charge in [-0.3, -0.25) is 4.79 Å². The van der Waals surface area contributed by atoms with E-state index in [0.717, 1.165) is 0 Å². The molecule has 0 atom stereocenters. The molecule has 1 amide bonds. The van der Waals surface area contributed by atoms with Crippen LogP contribution in [0.1, 0.15) is 20.7 Å². The fourth-order valence-electron chi connectivity index (χ4n) is 1.57. The maximum atomic E-state index is 13.4. The third-order valence-electron chi connectivity index (χ3n) is 2.49. The van der Waals surface area contributed by atoms with E-state index in [1.165, 1.54) is 42.5 Å². The van der Waals surface area contributed by atoms with Crippen LogP contribution in [-0.2, 0) is 0 Å². The van der Waals surface area contributed by atoms with E-state index in [4.69, 9.17) is 5.11 Å². The number of carbonyl (C=O) groups is 2. The minimum Gasteiger partial charge on any atom is -0.478 e. The highest BCUT2D eigenvalue weighted by molar-refractivity contribution is 6.04. The Hall–Kier alpha value is -2.40. The first-order chi connectivity index (χ1) is 9.08. The molecule has 2 rings (SSSR count). The molecule has 4 nitrogen and oxygen atoms in total. The summed E-state index contributed by atoms with van der Waals surface area (Å²) in [7, 11) is 0. The lowest BCUT2D eigenvalue weighted by atomic mass is 10.1. The number of rotatable bonds is 3. The second-order valence-corrected chi connectivity index (χ2v) is 3.82. The van der Waals surface area contributed by atoms with Crippen molar-refractivity contribution in [1.29, 1.82) is 0 Å². The van der Waals surface area contributed by atoms with Gasteiger partial charge in [0.05, 0.1) is 11.1 Å². The summed E-state index contributed by atoms with van der Waals surface area (Å²) < 4.78 is 13.4. The Morgan fingerprint density at radius 2 is 1.75 bits per heavy atom. The fraction of sp³-hybridized carbons (Fsp3) is 0. The minimum atomic E-state index is -1.10. The molecule has 2 N–H and O–H groups in total. The molecule has 0 saturated heterocycles. The Labute approximate surface area is 120 Å². The van der Waals surface area contributed by atoms with Crippen LogP contribution in [0.15, 0.2) is 48.5 Å². The van der Waals surface area contributed by atoms with E-state index in [1.807, 2.05) is 0 Å². The van der Waals surface area contributed by atoms with Crippen molar-refractivity contribution < 1.29 is 19.1 Å². The zero-order valence-electron chi connectivity index (χ0n) is 10.2. The third kappa shape index (κ3) is 3.55. The van der Waals surface area contributed by atoms with Crippen molar-refractivity contribution in [2.24, 2.45) is 0 Å². The van der Waals surface area contributed by atoms with E-state index in [2.05, 4.69) is 5.32 Å². The van der Waals surface area contributed by atoms with Crippen LogP contribution >= 0.6 is 12.4 Å². The molecule has 0 aliphatic rings. The number of carboxylic acid groups (broad SMARTS) is 1. The van der Waals surface area contributed by atoms with E-state index in [-0.39, 0.29) is 23.5 Å². The summed E-state index contributed by atoms with van der Waals surface area (Å²) in [5.41, 5.74) is 0.253. The predicted molar refractivity (Wildman–Crippen MR) is 75.0 cm³/mol. The standard InChI is InChI=1S/C14H10FNO3.ClH/c15-12-7-2-1-6-11(12)13(17)16-10-5-3-4-9(8-10)14(18)19;/h1-8H,(H,16,17)(H,18,19);1H. The molecule has 0 spiro atoms. The second kappa shape index (κ2) is 6.68. The Morgan fingerprint density at radius 3 is 2.40 bits per heavy atom. The number of carbonyl (C=O) groups excluding carboxylic acids is 1. The van der Waals surface area contributed by atoms with Crippen molar-refractivity contribution in [3.8, 4) is 0 Å². The molecule has 6 heteroatoms. The highest BCUT2D eigenvalue weighted by Crippen LogP contribution is 2.13. The molecule has 0 saturated carbocycles. The first kappa shape index (κ1) is 15.7. The van der Waals surface area contributed by atoms with Crippen molar-refractivity contribution in [1.82, 2.24) is 0 Å². The van der Waals surface area contributed by atoms with Crippen molar-refractivity contribution in [3.05, 3.63) is 65.5 Å². The van der Waals surface area contributed by atoms with E-state index >= 15 is 0 Å². The molecule has 0 aromatic heterocycles. The third-order valence-corrected chi connectivity index (χ3v) is 2.49. The zero-order valence-corrected chi connectivity index (χ0v) is 11.0. The Morgan fingerprint density at radius 1 is 1.05 bits per heavy atom. The number of anilines is 1. The molecule has 104 valence electrons. The lowest BCUT2D eigenvalue weighted by molar-refractivity contribution is 0.0696. The van der Waals surface area contributed by atoms with Crippen molar-refractivity contribution in [2.75, 3.05) is 5.32 Å². The van der Waals surface area contributed by atoms with Gasteiger partial charge in [0, 0.05) is 5.69 Å². The van der Waals surface area contributed by atoms with E-state index in [0.29, 0.717) is 5.69 Å². The molecule has 0 bridgehead atoms. The van der Waals surface area contributed by atoms with Gasteiger partial charge in [-0.2, -0.15) is 0 Å². The van der Waals surface area contributed by atoms with Crippen LogP contribution in [0.4, 0.5) is 10.1 Å². The summed E-state index contributed by atoms with van der Waals surface area (Å²) in [6.45, 7) is 0. The average molecular weight is 296 g/mol. The normalized spacial score (nSPS) is 9.45. The van der Waals surface area contributed by atoms with Gasteiger partial charge in [0.15, 0.2) is 0 Å². The number of hydrogen-bond acceptors (Lipinski definition) is 2. The molecule has 2 aromatic carbocycles. The fourth-order valence-corrected chi connectivity index (χ4v) is 1.57. The Kier molecular flexibility index (Phi) is 5.23. The second-order valence-electron chi connectivity index (χ2n) is 3.82. The predicted octanol–water partition coefficient (Wildman–Crippen LogP) is 3.20. The van der Waals surface area contributed by atoms with Crippen LogP contribution in [0, 0.1) is 5.82 Å². The quantitative estimate of drug-likeness (QED) is 0.914. The number of nitrogens with one attached hydrogen (secondary N) is 1. The maximum Gasteiger partial charge on any atom is 0.335 e. The number of amides is 1. The summed E-state index contributed by atoms with van der Waals surface area (Å²) in [5, 5.41) is 11.3. The largest absolute Gasteiger partial charge is 0.478 e. The van der Waals surface area contributed by atoms with Crippen molar-refractivity contribution in [3.63, 3.8) is 0 Å². The van der Waals surface area contributed by atoms with Crippen LogP contribution in [-0.4, -0.2) is 17.0 Å². The van der Waals surface area contributed by atoms with Gasteiger partial charge in [-0.05, 0) is 30.3 Å². The smallest absolute Gasteiger partial charge is 0.335 e. The molecule has 0 fully saturated rings. The molecule has 20 heavy (non-hydrogen) atoms. The molecule has 0 unspecified atom stereocenters. The van der Waals surface area contributed by atoms with Gasteiger partial charge >= 0.3 is 5.97 Å². The number of benzene rings is 2. The SMILES string of the molecule is Cl.O=C(O)c1cccc(NC(=O)c2ccccc2F)c1. The van der Waals surface area contributed by atoms with Gasteiger partial charge in [0.1, 0.15) is 5.82 Å². The summed E-state index contributed by atoms with van der Waals surface area (Å²) in [6, 6.07) is 11.3. The van der Waals surface area contributed by atoms with Crippen LogP contribution in [0.25, 0.3) is 0 Å². The summed E-state index contributed by atoms with van der Waals surface area (Å²) in [6.07, 6.45) is 0. The lowest BCUT2D eigenvalue weighted by Crippen LogP contribution is -2.14. The van der Waals surface area contributed by atoms with Crippen LogP contribution in [0.3, 0.4) is 0 Å². The molecular formula is C14H11ClFNO3. The number of aromatic carboxylic acids is 1. The average Bonchev–Trinajstić information content (AvgIpc) is 2.39. The molecule has 0 heterocycles. The van der Waals surface area contributed by atoms with E-state index in [1.54, 1.807) is 6.07 Å². The highest BCUT2D eigenvalue weighted by Gasteiger charge is 2.11. The topological polar surface area (TPSA) is 66.4 Å². The van der Waals surface area contributed by atoms with Gasteiger partial charge in [0.2, 0.25) is 0 Å². The van der Waals surface area contributed by atoms with Gasteiger partial charge in [0.25, 0.3) is 5.91 Å². The first-order valence-electron chi connectivity index (χ1n) is 5.47. The molecule has 0 aliphatic heterocycles. The number of carboxylic acids is 1. The monoisotopic (exact) mass is 295 g/mol. The Bertz CT molecular complexity index is 646. The molecule has 0 radical (unpaired) electrons. The highest BCUT2D eigenvalue weighted by atomic mass is 35.5. The minimum absolute atomic E-state index is 0. The van der Waals surface area contributed by atoms with Gasteiger partial charge in [-0.25, -0.2) is 9.18 Å². The van der Waals surface area contributed by atoms with E-state index < -0.39 is 17.7 Å². The summed E-state index contributed by atoms with van der Waals surface area (Å²) >= 11 is 0.